The van der Waals surface area contributed by atoms with Crippen LogP contribution in [0, 0.1) is 0 Å². The fourth-order valence-corrected chi connectivity index (χ4v) is 2.60. The Balaban J connectivity index is 0.00000192. The van der Waals surface area contributed by atoms with E-state index in [1.54, 1.807) is 6.20 Å². The summed E-state index contributed by atoms with van der Waals surface area (Å²) >= 11 is 3.46. The van der Waals surface area contributed by atoms with Crippen molar-refractivity contribution in [1.82, 2.24) is 14.9 Å². The van der Waals surface area contributed by atoms with E-state index in [0.29, 0.717) is 6.04 Å². The summed E-state index contributed by atoms with van der Waals surface area (Å²) in [5.41, 5.74) is 3.69. The van der Waals surface area contributed by atoms with Gasteiger partial charge >= 0.3 is 0 Å². The predicted molar refractivity (Wildman–Crippen MR) is 100 cm³/mol. The van der Waals surface area contributed by atoms with E-state index in [1.807, 2.05) is 17.1 Å². The summed E-state index contributed by atoms with van der Waals surface area (Å²) in [5, 5.41) is 3.55. The average molecular weight is 393 g/mol. The Labute approximate surface area is 151 Å². The quantitative estimate of drug-likeness (QED) is 0.669. The van der Waals surface area contributed by atoms with E-state index in [1.165, 1.54) is 11.1 Å². The minimum Gasteiger partial charge on any atom is -0.306 e. The Morgan fingerprint density at radius 1 is 1.09 bits per heavy atom. The summed E-state index contributed by atoms with van der Waals surface area (Å²) < 4.78 is 3.11. The molecule has 1 heterocycles. The van der Waals surface area contributed by atoms with Gasteiger partial charge in [-0.05, 0) is 42.3 Å². The first kappa shape index (κ1) is 17.7. The van der Waals surface area contributed by atoms with Gasteiger partial charge in [0.15, 0.2) is 0 Å². The molecule has 5 heteroatoms. The first-order chi connectivity index (χ1) is 10.7. The number of hydrogen-bond donors (Lipinski definition) is 1. The van der Waals surface area contributed by atoms with Crippen LogP contribution < -0.4 is 5.32 Å². The topological polar surface area (TPSA) is 29.9 Å². The summed E-state index contributed by atoms with van der Waals surface area (Å²) in [5.74, 6) is 0. The van der Waals surface area contributed by atoms with Gasteiger partial charge in [-0.2, -0.15) is 0 Å². The molecule has 3 rings (SSSR count). The monoisotopic (exact) mass is 391 g/mol. The molecule has 23 heavy (non-hydrogen) atoms. The van der Waals surface area contributed by atoms with Gasteiger partial charge < -0.3 is 9.88 Å². The van der Waals surface area contributed by atoms with Gasteiger partial charge in [-0.25, -0.2) is 4.98 Å². The van der Waals surface area contributed by atoms with Crippen molar-refractivity contribution in [2.75, 3.05) is 0 Å². The van der Waals surface area contributed by atoms with E-state index in [-0.39, 0.29) is 12.4 Å². The second kappa shape index (κ2) is 8.29. The summed E-state index contributed by atoms with van der Waals surface area (Å²) in [6, 6.07) is 17.3. The lowest BCUT2D eigenvalue weighted by Crippen LogP contribution is -2.18. The maximum Gasteiger partial charge on any atom is 0.0991 e. The molecule has 0 saturated heterocycles. The normalized spacial score (nSPS) is 11.7. The molecular weight excluding hydrogens is 374 g/mol. The number of halogens is 2. The van der Waals surface area contributed by atoms with Crippen LogP contribution in [0.2, 0.25) is 0 Å². The molecule has 0 saturated carbocycles. The molecule has 1 N–H and O–H groups in total. The standard InChI is InChI=1S/C18H18BrN3.ClH/c1-14(21-12-15-2-6-17(19)7-3-15)16-4-8-18(9-5-16)22-11-10-20-13-22;/h2-11,13-14,21H,12H2,1H3;1H. The van der Waals surface area contributed by atoms with E-state index < -0.39 is 0 Å². The van der Waals surface area contributed by atoms with Gasteiger partial charge in [0.25, 0.3) is 0 Å². The van der Waals surface area contributed by atoms with Crippen molar-refractivity contribution in [2.24, 2.45) is 0 Å². The van der Waals surface area contributed by atoms with E-state index in [0.717, 1.165) is 16.7 Å². The minimum absolute atomic E-state index is 0. The Bertz CT molecular complexity index is 709. The molecule has 120 valence electrons. The van der Waals surface area contributed by atoms with Crippen molar-refractivity contribution in [1.29, 1.82) is 0 Å². The molecule has 1 atom stereocenters. The molecule has 0 amide bonds. The molecular formula is C18H19BrClN3. The fraction of sp³-hybridized carbons (Fsp3) is 0.167. The zero-order chi connectivity index (χ0) is 15.4. The molecule has 1 aromatic heterocycles. The van der Waals surface area contributed by atoms with Crippen LogP contribution in [0.1, 0.15) is 24.1 Å². The second-order valence-corrected chi connectivity index (χ2v) is 6.21. The third-order valence-corrected chi connectivity index (χ3v) is 4.25. The van der Waals surface area contributed by atoms with Crippen molar-refractivity contribution in [3.05, 3.63) is 82.9 Å². The van der Waals surface area contributed by atoms with Crippen LogP contribution in [0.4, 0.5) is 0 Å². The van der Waals surface area contributed by atoms with Crippen molar-refractivity contribution in [3.63, 3.8) is 0 Å². The molecule has 0 bridgehead atoms. The number of benzene rings is 2. The Hall–Kier alpha value is -1.62. The summed E-state index contributed by atoms with van der Waals surface area (Å²) in [4.78, 5) is 4.07. The molecule has 2 aromatic carbocycles. The predicted octanol–water partition coefficient (Wildman–Crippen LogP) is 4.91. The first-order valence-corrected chi connectivity index (χ1v) is 8.08. The number of aromatic nitrogens is 2. The summed E-state index contributed by atoms with van der Waals surface area (Å²) in [6.07, 6.45) is 5.55. The Kier molecular flexibility index (Phi) is 6.39. The third-order valence-electron chi connectivity index (χ3n) is 3.72. The van der Waals surface area contributed by atoms with E-state index in [4.69, 9.17) is 0 Å². The van der Waals surface area contributed by atoms with Gasteiger partial charge in [0.2, 0.25) is 0 Å². The van der Waals surface area contributed by atoms with E-state index >= 15 is 0 Å². The first-order valence-electron chi connectivity index (χ1n) is 7.28. The molecule has 0 spiro atoms. The highest BCUT2D eigenvalue weighted by molar-refractivity contribution is 9.10. The van der Waals surface area contributed by atoms with Crippen LogP contribution in [0.15, 0.2) is 71.7 Å². The lowest BCUT2D eigenvalue weighted by atomic mass is 10.1. The van der Waals surface area contributed by atoms with Gasteiger partial charge in [0.05, 0.1) is 6.33 Å². The second-order valence-electron chi connectivity index (χ2n) is 5.29. The van der Waals surface area contributed by atoms with Crippen molar-refractivity contribution >= 4 is 28.3 Å². The highest BCUT2D eigenvalue weighted by atomic mass is 79.9. The average Bonchev–Trinajstić information content (AvgIpc) is 3.09. The lowest BCUT2D eigenvalue weighted by Gasteiger charge is -2.15. The van der Waals surface area contributed by atoms with Gasteiger partial charge in [-0.15, -0.1) is 12.4 Å². The Morgan fingerprint density at radius 2 is 1.78 bits per heavy atom. The minimum atomic E-state index is 0. The van der Waals surface area contributed by atoms with Crippen LogP contribution in [-0.4, -0.2) is 9.55 Å². The van der Waals surface area contributed by atoms with Crippen LogP contribution in [0.25, 0.3) is 5.69 Å². The molecule has 0 aliphatic carbocycles. The van der Waals surface area contributed by atoms with Crippen LogP contribution in [-0.2, 0) is 6.54 Å². The maximum absolute atomic E-state index is 4.07. The SMILES string of the molecule is CC(NCc1ccc(Br)cc1)c1ccc(-n2ccnc2)cc1.Cl. The third kappa shape index (κ3) is 4.67. The fourth-order valence-electron chi connectivity index (χ4n) is 2.34. The number of imidazole rings is 1. The number of rotatable bonds is 5. The van der Waals surface area contributed by atoms with Gasteiger partial charge in [-0.3, -0.25) is 0 Å². The van der Waals surface area contributed by atoms with E-state index in [9.17, 15) is 0 Å². The lowest BCUT2D eigenvalue weighted by molar-refractivity contribution is 0.574. The molecule has 3 nitrogen and oxygen atoms in total. The molecule has 0 aliphatic rings. The molecule has 0 aliphatic heterocycles. The number of hydrogen-bond acceptors (Lipinski definition) is 2. The highest BCUT2D eigenvalue weighted by Crippen LogP contribution is 2.17. The Morgan fingerprint density at radius 3 is 2.39 bits per heavy atom. The van der Waals surface area contributed by atoms with Crippen LogP contribution >= 0.6 is 28.3 Å². The smallest absolute Gasteiger partial charge is 0.0991 e. The number of nitrogens with zero attached hydrogens (tertiary/aromatic N) is 2. The molecule has 3 aromatic rings. The number of nitrogens with one attached hydrogen (secondary N) is 1. The zero-order valence-corrected chi connectivity index (χ0v) is 15.2. The van der Waals surface area contributed by atoms with Crippen molar-refractivity contribution < 1.29 is 0 Å². The summed E-state index contributed by atoms with van der Waals surface area (Å²) in [6.45, 7) is 3.04. The van der Waals surface area contributed by atoms with Gasteiger partial charge in [-0.1, -0.05) is 40.2 Å². The van der Waals surface area contributed by atoms with E-state index in [2.05, 4.69) is 81.7 Å². The van der Waals surface area contributed by atoms with Crippen LogP contribution in [0.3, 0.4) is 0 Å². The molecule has 0 fully saturated rings. The van der Waals surface area contributed by atoms with Crippen molar-refractivity contribution in [2.45, 2.75) is 19.5 Å². The highest BCUT2D eigenvalue weighted by Gasteiger charge is 2.05. The zero-order valence-electron chi connectivity index (χ0n) is 12.8. The largest absolute Gasteiger partial charge is 0.306 e. The van der Waals surface area contributed by atoms with Gasteiger partial charge in [0.1, 0.15) is 0 Å². The molecule has 0 radical (unpaired) electrons. The van der Waals surface area contributed by atoms with Crippen molar-refractivity contribution in [3.8, 4) is 5.69 Å². The maximum atomic E-state index is 4.07. The summed E-state index contributed by atoms with van der Waals surface area (Å²) in [7, 11) is 0. The molecule has 1 unspecified atom stereocenters. The van der Waals surface area contributed by atoms with Gasteiger partial charge in [0, 0.05) is 35.1 Å². The van der Waals surface area contributed by atoms with Crippen LogP contribution in [0.5, 0.6) is 0 Å².